The Bertz CT molecular complexity index is 666. The van der Waals surface area contributed by atoms with Crippen molar-refractivity contribution in [1.82, 2.24) is 4.90 Å². The molecule has 0 saturated carbocycles. The van der Waals surface area contributed by atoms with E-state index in [0.717, 1.165) is 32.2 Å². The molecule has 126 valence electrons. The van der Waals surface area contributed by atoms with Gasteiger partial charge in [-0.2, -0.15) is 0 Å². The van der Waals surface area contributed by atoms with Crippen LogP contribution >= 0.6 is 0 Å². The van der Waals surface area contributed by atoms with Gasteiger partial charge in [0.25, 0.3) is 0 Å². The highest BCUT2D eigenvalue weighted by Gasteiger charge is 2.33. The van der Waals surface area contributed by atoms with Crippen molar-refractivity contribution < 1.29 is 9.90 Å². The summed E-state index contributed by atoms with van der Waals surface area (Å²) in [7, 11) is 0. The summed E-state index contributed by atoms with van der Waals surface area (Å²) in [6.07, 6.45) is 3.78. The first-order valence-electron chi connectivity index (χ1n) is 8.84. The first-order chi connectivity index (χ1) is 11.7. The van der Waals surface area contributed by atoms with Gasteiger partial charge < -0.3 is 5.11 Å². The van der Waals surface area contributed by atoms with E-state index >= 15 is 0 Å². The summed E-state index contributed by atoms with van der Waals surface area (Å²) in [6, 6.07) is 18.8. The van der Waals surface area contributed by atoms with E-state index in [-0.39, 0.29) is 12.1 Å². The summed E-state index contributed by atoms with van der Waals surface area (Å²) in [5.74, 6) is -0.686. The molecule has 0 spiro atoms. The summed E-state index contributed by atoms with van der Waals surface area (Å²) >= 11 is 0. The Morgan fingerprint density at radius 1 is 1.08 bits per heavy atom. The van der Waals surface area contributed by atoms with Gasteiger partial charge in [-0.1, -0.05) is 67.9 Å². The predicted octanol–water partition coefficient (Wildman–Crippen LogP) is 4.74. The lowest BCUT2D eigenvalue weighted by Gasteiger charge is -2.39. The van der Waals surface area contributed by atoms with Crippen molar-refractivity contribution in [3.63, 3.8) is 0 Å². The SMILES string of the molecule is CCC(c1ccc(-c2ccccc2)cc1)N1CCCCC1C(=O)O. The molecular weight excluding hydrogens is 298 g/mol. The van der Waals surface area contributed by atoms with Gasteiger partial charge in [0.15, 0.2) is 0 Å². The van der Waals surface area contributed by atoms with Gasteiger partial charge in [-0.3, -0.25) is 9.69 Å². The van der Waals surface area contributed by atoms with Crippen LogP contribution in [0.1, 0.15) is 44.2 Å². The minimum atomic E-state index is -0.686. The Labute approximate surface area is 143 Å². The molecule has 2 aromatic carbocycles. The highest BCUT2D eigenvalue weighted by molar-refractivity contribution is 5.73. The third-order valence-corrected chi connectivity index (χ3v) is 5.02. The molecule has 3 heteroatoms. The second kappa shape index (κ2) is 7.63. The maximum Gasteiger partial charge on any atom is 0.320 e. The molecule has 1 saturated heterocycles. The molecule has 1 fully saturated rings. The van der Waals surface area contributed by atoms with Crippen LogP contribution < -0.4 is 0 Å². The highest BCUT2D eigenvalue weighted by Crippen LogP contribution is 2.32. The fourth-order valence-corrected chi connectivity index (χ4v) is 3.78. The van der Waals surface area contributed by atoms with E-state index in [0.29, 0.717) is 0 Å². The summed E-state index contributed by atoms with van der Waals surface area (Å²) < 4.78 is 0. The van der Waals surface area contributed by atoms with Crippen molar-refractivity contribution in [2.45, 2.75) is 44.7 Å². The maximum absolute atomic E-state index is 11.6. The van der Waals surface area contributed by atoms with Crippen molar-refractivity contribution in [2.24, 2.45) is 0 Å². The lowest BCUT2D eigenvalue weighted by Crippen LogP contribution is -2.46. The summed E-state index contributed by atoms with van der Waals surface area (Å²) in [5.41, 5.74) is 3.62. The number of carbonyl (C=O) groups is 1. The summed E-state index contributed by atoms with van der Waals surface area (Å²) in [6.45, 7) is 3.01. The van der Waals surface area contributed by atoms with Gasteiger partial charge >= 0.3 is 5.97 Å². The standard InChI is InChI=1S/C21H25NO2/c1-2-19(22-15-7-6-10-20(22)21(23)24)18-13-11-17(12-14-18)16-8-4-3-5-9-16/h3-5,8-9,11-14,19-20H,2,6-7,10,15H2,1H3,(H,23,24). The Hall–Kier alpha value is -2.13. The number of likely N-dealkylation sites (tertiary alicyclic amines) is 1. The molecule has 1 heterocycles. The number of nitrogens with zero attached hydrogens (tertiary/aromatic N) is 1. The first kappa shape index (κ1) is 16.7. The van der Waals surface area contributed by atoms with Crippen LogP contribution in [0.25, 0.3) is 11.1 Å². The third-order valence-electron chi connectivity index (χ3n) is 5.02. The first-order valence-corrected chi connectivity index (χ1v) is 8.84. The van der Waals surface area contributed by atoms with Crippen LogP contribution in [-0.4, -0.2) is 28.6 Å². The van der Waals surface area contributed by atoms with E-state index in [4.69, 9.17) is 0 Å². The van der Waals surface area contributed by atoms with Crippen molar-refractivity contribution in [3.8, 4) is 11.1 Å². The fraction of sp³-hybridized carbons (Fsp3) is 0.381. The van der Waals surface area contributed by atoms with Gasteiger partial charge in [-0.05, 0) is 42.5 Å². The maximum atomic E-state index is 11.6. The second-order valence-corrected chi connectivity index (χ2v) is 6.50. The smallest absolute Gasteiger partial charge is 0.320 e. The number of benzene rings is 2. The Balaban J connectivity index is 1.84. The van der Waals surface area contributed by atoms with Crippen LogP contribution in [0.5, 0.6) is 0 Å². The van der Waals surface area contributed by atoms with Gasteiger partial charge in [0.05, 0.1) is 0 Å². The lowest BCUT2D eigenvalue weighted by atomic mass is 9.93. The topological polar surface area (TPSA) is 40.5 Å². The van der Waals surface area contributed by atoms with E-state index < -0.39 is 5.97 Å². The Morgan fingerprint density at radius 2 is 1.75 bits per heavy atom. The van der Waals surface area contributed by atoms with Crippen LogP contribution in [0, 0.1) is 0 Å². The van der Waals surface area contributed by atoms with Crippen molar-refractivity contribution in [1.29, 1.82) is 0 Å². The fourth-order valence-electron chi connectivity index (χ4n) is 3.78. The second-order valence-electron chi connectivity index (χ2n) is 6.50. The van der Waals surface area contributed by atoms with Crippen LogP contribution in [0.4, 0.5) is 0 Å². The lowest BCUT2D eigenvalue weighted by molar-refractivity contribution is -0.146. The number of piperidine rings is 1. The largest absolute Gasteiger partial charge is 0.480 e. The zero-order valence-electron chi connectivity index (χ0n) is 14.2. The quantitative estimate of drug-likeness (QED) is 0.863. The normalized spacial score (nSPS) is 19.8. The third kappa shape index (κ3) is 3.51. The molecule has 0 radical (unpaired) electrons. The minimum Gasteiger partial charge on any atom is -0.480 e. The van der Waals surface area contributed by atoms with Crippen molar-refractivity contribution >= 4 is 5.97 Å². The van der Waals surface area contributed by atoms with Crippen LogP contribution in [-0.2, 0) is 4.79 Å². The van der Waals surface area contributed by atoms with Crippen molar-refractivity contribution in [3.05, 3.63) is 60.2 Å². The summed E-state index contributed by atoms with van der Waals surface area (Å²) in [4.78, 5) is 13.8. The number of hydrogen-bond donors (Lipinski definition) is 1. The van der Waals surface area contributed by atoms with Crippen LogP contribution in [0.3, 0.4) is 0 Å². The van der Waals surface area contributed by atoms with Gasteiger partial charge in [0.2, 0.25) is 0 Å². The predicted molar refractivity (Wildman–Crippen MR) is 96.9 cm³/mol. The van der Waals surface area contributed by atoms with E-state index in [2.05, 4.69) is 48.2 Å². The van der Waals surface area contributed by atoms with E-state index in [1.54, 1.807) is 0 Å². The van der Waals surface area contributed by atoms with Crippen molar-refractivity contribution in [2.75, 3.05) is 6.54 Å². The molecule has 0 bridgehead atoms. The summed E-state index contributed by atoms with van der Waals surface area (Å²) in [5, 5.41) is 9.55. The van der Waals surface area contributed by atoms with E-state index in [9.17, 15) is 9.90 Å². The van der Waals surface area contributed by atoms with Crippen LogP contribution in [0.15, 0.2) is 54.6 Å². The number of aliphatic carboxylic acids is 1. The number of rotatable bonds is 5. The molecular formula is C21H25NO2. The molecule has 2 aromatic rings. The van der Waals surface area contributed by atoms with E-state index in [1.165, 1.54) is 16.7 Å². The Kier molecular flexibility index (Phi) is 5.31. The van der Waals surface area contributed by atoms with Gasteiger partial charge in [0, 0.05) is 6.04 Å². The average molecular weight is 323 g/mol. The molecule has 3 rings (SSSR count). The monoisotopic (exact) mass is 323 g/mol. The molecule has 2 unspecified atom stereocenters. The van der Waals surface area contributed by atoms with E-state index in [1.807, 2.05) is 18.2 Å². The molecule has 0 aliphatic carbocycles. The number of hydrogen-bond acceptors (Lipinski definition) is 2. The molecule has 1 aliphatic rings. The average Bonchev–Trinajstić information content (AvgIpc) is 2.64. The minimum absolute atomic E-state index is 0.177. The Morgan fingerprint density at radius 3 is 2.38 bits per heavy atom. The van der Waals surface area contributed by atoms with Gasteiger partial charge in [0.1, 0.15) is 6.04 Å². The molecule has 0 aromatic heterocycles. The zero-order valence-corrected chi connectivity index (χ0v) is 14.2. The molecule has 1 N–H and O–H groups in total. The number of carboxylic acid groups (broad SMARTS) is 1. The van der Waals surface area contributed by atoms with Gasteiger partial charge in [-0.15, -0.1) is 0 Å². The number of carboxylic acids is 1. The van der Waals surface area contributed by atoms with Gasteiger partial charge in [-0.25, -0.2) is 0 Å². The zero-order chi connectivity index (χ0) is 16.9. The molecule has 1 aliphatic heterocycles. The molecule has 0 amide bonds. The van der Waals surface area contributed by atoms with Crippen LogP contribution in [0.2, 0.25) is 0 Å². The molecule has 24 heavy (non-hydrogen) atoms. The molecule has 3 nitrogen and oxygen atoms in total. The highest BCUT2D eigenvalue weighted by atomic mass is 16.4. The molecule has 2 atom stereocenters.